The second-order valence-corrected chi connectivity index (χ2v) is 6.61. The van der Waals surface area contributed by atoms with Gasteiger partial charge in [-0.2, -0.15) is 5.10 Å². The van der Waals surface area contributed by atoms with E-state index in [-0.39, 0.29) is 23.2 Å². The molecule has 0 spiro atoms. The Morgan fingerprint density at radius 3 is 2.61 bits per heavy atom. The van der Waals surface area contributed by atoms with Gasteiger partial charge in [-0.3, -0.25) is 9.59 Å². The maximum atomic E-state index is 13.0. The van der Waals surface area contributed by atoms with Gasteiger partial charge in [-0.25, -0.2) is 4.68 Å². The van der Waals surface area contributed by atoms with Crippen molar-refractivity contribution in [2.75, 3.05) is 13.2 Å². The van der Waals surface area contributed by atoms with Crippen LogP contribution in [0.1, 0.15) is 35.9 Å². The molecular formula is C21H21N3O4. The molecule has 28 heavy (non-hydrogen) atoms. The molecule has 1 aliphatic heterocycles. The minimum atomic E-state index is -0.333. The van der Waals surface area contributed by atoms with Gasteiger partial charge in [0.2, 0.25) is 0 Å². The van der Waals surface area contributed by atoms with E-state index in [2.05, 4.69) is 10.4 Å². The molecule has 1 aliphatic rings. The fourth-order valence-electron chi connectivity index (χ4n) is 3.29. The molecule has 0 saturated carbocycles. The molecular weight excluding hydrogens is 358 g/mol. The van der Waals surface area contributed by atoms with Crippen LogP contribution in [0.4, 0.5) is 0 Å². The zero-order valence-corrected chi connectivity index (χ0v) is 15.8. The molecule has 1 atom stereocenters. The predicted octanol–water partition coefficient (Wildman–Crippen LogP) is 2.68. The first-order valence-corrected chi connectivity index (χ1v) is 9.28. The van der Waals surface area contributed by atoms with Crippen LogP contribution >= 0.6 is 0 Å². The van der Waals surface area contributed by atoms with E-state index >= 15 is 0 Å². The van der Waals surface area contributed by atoms with Crippen LogP contribution in [-0.4, -0.2) is 28.9 Å². The van der Waals surface area contributed by atoms with Crippen molar-refractivity contribution < 1.29 is 14.3 Å². The van der Waals surface area contributed by atoms with Crippen LogP contribution in [0.25, 0.3) is 10.8 Å². The van der Waals surface area contributed by atoms with Gasteiger partial charge >= 0.3 is 0 Å². The van der Waals surface area contributed by atoms with Gasteiger partial charge in [0, 0.05) is 11.9 Å². The molecule has 1 aromatic heterocycles. The van der Waals surface area contributed by atoms with Gasteiger partial charge < -0.3 is 14.8 Å². The number of ether oxygens (including phenoxy) is 2. The van der Waals surface area contributed by atoms with Crippen LogP contribution < -0.4 is 20.3 Å². The normalized spacial score (nSPS) is 13.9. The van der Waals surface area contributed by atoms with Crippen LogP contribution in [-0.2, 0) is 6.54 Å². The van der Waals surface area contributed by atoms with Crippen LogP contribution in [0.5, 0.6) is 11.5 Å². The van der Waals surface area contributed by atoms with E-state index in [0.29, 0.717) is 42.0 Å². The Balaban J connectivity index is 1.65. The molecule has 0 bridgehead atoms. The molecule has 1 N–H and O–H groups in total. The minimum Gasteiger partial charge on any atom is -0.486 e. The van der Waals surface area contributed by atoms with E-state index in [9.17, 15) is 9.59 Å². The number of hydrogen-bond acceptors (Lipinski definition) is 5. The Bertz CT molecular complexity index is 1110. The van der Waals surface area contributed by atoms with E-state index in [0.717, 1.165) is 5.56 Å². The Morgan fingerprint density at radius 2 is 1.86 bits per heavy atom. The number of benzene rings is 2. The highest BCUT2D eigenvalue weighted by atomic mass is 16.6. The van der Waals surface area contributed by atoms with Crippen molar-refractivity contribution in [2.45, 2.75) is 26.4 Å². The number of aryl methyl sites for hydroxylation is 1. The number of carbonyl (C=O) groups excluding carboxylic acids is 1. The van der Waals surface area contributed by atoms with Crippen molar-refractivity contribution in [3.63, 3.8) is 0 Å². The third-order valence-corrected chi connectivity index (χ3v) is 4.80. The molecule has 7 heteroatoms. The van der Waals surface area contributed by atoms with Gasteiger partial charge in [-0.05, 0) is 37.6 Å². The average molecular weight is 379 g/mol. The number of carbonyl (C=O) groups is 1. The molecule has 1 unspecified atom stereocenters. The SMILES string of the molecule is CCn1nc(C(=O)NC(C)c2ccc3c(c2)OCCO3)c2ccccc2c1=O. The molecule has 0 fully saturated rings. The number of nitrogens with one attached hydrogen (secondary N) is 1. The van der Waals surface area contributed by atoms with Gasteiger partial charge in [0.1, 0.15) is 13.2 Å². The van der Waals surface area contributed by atoms with Gasteiger partial charge in [0.05, 0.1) is 11.4 Å². The Morgan fingerprint density at radius 1 is 1.14 bits per heavy atom. The molecule has 2 aromatic carbocycles. The summed E-state index contributed by atoms with van der Waals surface area (Å²) < 4.78 is 12.5. The van der Waals surface area contributed by atoms with E-state index < -0.39 is 0 Å². The standard InChI is InChI=1S/C21H21N3O4/c1-3-24-21(26)16-7-5-4-6-15(16)19(23-24)20(25)22-13(2)14-8-9-17-18(12-14)28-11-10-27-17/h4-9,12-13H,3,10-11H2,1-2H3,(H,22,25). The summed E-state index contributed by atoms with van der Waals surface area (Å²) in [4.78, 5) is 25.4. The lowest BCUT2D eigenvalue weighted by atomic mass is 10.1. The first kappa shape index (κ1) is 18.0. The zero-order valence-electron chi connectivity index (χ0n) is 15.8. The lowest BCUT2D eigenvalue weighted by molar-refractivity contribution is 0.0934. The number of rotatable bonds is 4. The molecule has 3 aromatic rings. The summed E-state index contributed by atoms with van der Waals surface area (Å²) in [5.74, 6) is 1.05. The van der Waals surface area contributed by atoms with Crippen LogP contribution in [0.2, 0.25) is 0 Å². The van der Waals surface area contributed by atoms with E-state index in [1.807, 2.05) is 32.0 Å². The molecule has 1 amide bonds. The summed E-state index contributed by atoms with van der Waals surface area (Å²) in [6.07, 6.45) is 0. The van der Waals surface area contributed by atoms with Crippen molar-refractivity contribution in [3.8, 4) is 11.5 Å². The van der Waals surface area contributed by atoms with Gasteiger partial charge in [0.15, 0.2) is 17.2 Å². The van der Waals surface area contributed by atoms with E-state index in [1.165, 1.54) is 4.68 Å². The second kappa shape index (κ2) is 7.34. The molecule has 0 aliphatic carbocycles. The van der Waals surface area contributed by atoms with Crippen LogP contribution in [0.3, 0.4) is 0 Å². The summed E-state index contributed by atoms with van der Waals surface area (Å²) >= 11 is 0. The fourth-order valence-corrected chi connectivity index (χ4v) is 3.29. The monoisotopic (exact) mass is 379 g/mol. The Kier molecular flexibility index (Phi) is 4.73. The van der Waals surface area contributed by atoms with Gasteiger partial charge in [-0.1, -0.05) is 24.3 Å². The third kappa shape index (κ3) is 3.19. The first-order valence-electron chi connectivity index (χ1n) is 9.28. The summed E-state index contributed by atoms with van der Waals surface area (Å²) in [6, 6.07) is 12.4. The van der Waals surface area contributed by atoms with Crippen molar-refractivity contribution >= 4 is 16.7 Å². The van der Waals surface area contributed by atoms with Crippen molar-refractivity contribution in [3.05, 3.63) is 64.1 Å². The molecule has 0 saturated heterocycles. The Labute approximate surface area is 161 Å². The predicted molar refractivity (Wildman–Crippen MR) is 105 cm³/mol. The molecule has 4 rings (SSSR count). The van der Waals surface area contributed by atoms with Crippen molar-refractivity contribution in [1.82, 2.24) is 15.1 Å². The number of hydrogen-bond donors (Lipinski definition) is 1. The van der Waals surface area contributed by atoms with Crippen molar-refractivity contribution in [1.29, 1.82) is 0 Å². The summed E-state index contributed by atoms with van der Waals surface area (Å²) in [5.41, 5.74) is 0.932. The van der Waals surface area contributed by atoms with Crippen LogP contribution in [0.15, 0.2) is 47.3 Å². The number of amides is 1. The lowest BCUT2D eigenvalue weighted by Crippen LogP contribution is -2.32. The minimum absolute atomic E-state index is 0.200. The summed E-state index contributed by atoms with van der Waals surface area (Å²) in [5, 5.41) is 8.28. The number of aromatic nitrogens is 2. The second-order valence-electron chi connectivity index (χ2n) is 6.61. The maximum Gasteiger partial charge on any atom is 0.274 e. The van der Waals surface area contributed by atoms with E-state index in [4.69, 9.17) is 9.47 Å². The smallest absolute Gasteiger partial charge is 0.274 e. The largest absolute Gasteiger partial charge is 0.486 e. The summed E-state index contributed by atoms with van der Waals surface area (Å²) in [6.45, 7) is 5.14. The quantitative estimate of drug-likeness (QED) is 0.754. The average Bonchev–Trinajstić information content (AvgIpc) is 2.73. The highest BCUT2D eigenvalue weighted by molar-refractivity contribution is 6.04. The maximum absolute atomic E-state index is 13.0. The lowest BCUT2D eigenvalue weighted by Gasteiger charge is -2.21. The van der Waals surface area contributed by atoms with Crippen molar-refractivity contribution in [2.24, 2.45) is 0 Å². The third-order valence-electron chi connectivity index (χ3n) is 4.80. The highest BCUT2D eigenvalue weighted by Crippen LogP contribution is 2.32. The van der Waals surface area contributed by atoms with Crippen LogP contribution in [0, 0.1) is 0 Å². The first-order chi connectivity index (χ1) is 13.6. The fraction of sp³-hybridized carbons (Fsp3) is 0.286. The topological polar surface area (TPSA) is 82.5 Å². The number of nitrogens with zero attached hydrogens (tertiary/aromatic N) is 2. The van der Waals surface area contributed by atoms with Gasteiger partial charge in [0.25, 0.3) is 11.5 Å². The van der Waals surface area contributed by atoms with E-state index in [1.54, 1.807) is 24.3 Å². The summed E-state index contributed by atoms with van der Waals surface area (Å²) in [7, 11) is 0. The molecule has 2 heterocycles. The van der Waals surface area contributed by atoms with Gasteiger partial charge in [-0.15, -0.1) is 0 Å². The molecule has 144 valence electrons. The zero-order chi connectivity index (χ0) is 19.7. The molecule has 7 nitrogen and oxygen atoms in total. The highest BCUT2D eigenvalue weighted by Gasteiger charge is 2.20. The number of fused-ring (bicyclic) bond motifs is 2. The molecule has 0 radical (unpaired) electrons. The Hall–Kier alpha value is -3.35.